The molecule has 2 saturated carbocycles. The van der Waals surface area contributed by atoms with Crippen LogP contribution in [0.3, 0.4) is 0 Å². The zero-order valence-corrected chi connectivity index (χ0v) is 14.0. The summed E-state index contributed by atoms with van der Waals surface area (Å²) in [5.74, 6) is 1.05. The topological polar surface area (TPSA) is 3.24 Å². The molecule has 19 heavy (non-hydrogen) atoms. The quantitative estimate of drug-likeness (QED) is 0.521. The normalized spacial score (nSPS) is 35.8. The molecule has 1 nitrogen and oxygen atoms in total. The highest BCUT2D eigenvalue weighted by molar-refractivity contribution is 9.09. The van der Waals surface area contributed by atoms with E-state index in [0.717, 1.165) is 12.0 Å². The van der Waals surface area contributed by atoms with E-state index in [9.17, 15) is 0 Å². The largest absolute Gasteiger partial charge is 0.300 e. The van der Waals surface area contributed by atoms with Crippen LogP contribution >= 0.6 is 15.9 Å². The Balaban J connectivity index is 1.67. The van der Waals surface area contributed by atoms with E-state index < -0.39 is 0 Å². The van der Waals surface area contributed by atoms with Crippen LogP contribution < -0.4 is 0 Å². The van der Waals surface area contributed by atoms with Gasteiger partial charge in [-0.05, 0) is 56.4 Å². The molecule has 3 fully saturated rings. The number of likely N-dealkylation sites (tertiary alicyclic amines) is 1. The molecule has 0 aromatic heterocycles. The van der Waals surface area contributed by atoms with Crippen LogP contribution in [-0.4, -0.2) is 29.4 Å². The summed E-state index contributed by atoms with van der Waals surface area (Å²) in [7, 11) is 0. The zero-order valence-electron chi connectivity index (χ0n) is 12.4. The second-order valence-electron chi connectivity index (χ2n) is 7.42. The fourth-order valence-corrected chi connectivity index (χ4v) is 5.73. The Morgan fingerprint density at radius 2 is 1.63 bits per heavy atom. The van der Waals surface area contributed by atoms with Gasteiger partial charge in [-0.25, -0.2) is 0 Å². The van der Waals surface area contributed by atoms with E-state index in [0.29, 0.717) is 5.41 Å². The first-order valence-electron chi connectivity index (χ1n) is 8.63. The molecule has 0 spiro atoms. The van der Waals surface area contributed by atoms with Gasteiger partial charge in [0, 0.05) is 17.9 Å². The maximum absolute atomic E-state index is 3.88. The second-order valence-corrected chi connectivity index (χ2v) is 7.98. The molecule has 0 bridgehead atoms. The van der Waals surface area contributed by atoms with Crippen molar-refractivity contribution in [3.63, 3.8) is 0 Å². The van der Waals surface area contributed by atoms with Crippen molar-refractivity contribution in [3.8, 4) is 0 Å². The molecule has 3 rings (SSSR count). The van der Waals surface area contributed by atoms with Gasteiger partial charge >= 0.3 is 0 Å². The molecule has 2 heteroatoms. The lowest BCUT2D eigenvalue weighted by Gasteiger charge is -2.44. The number of nitrogens with zero attached hydrogens (tertiary/aromatic N) is 1. The first-order valence-corrected chi connectivity index (χ1v) is 9.75. The van der Waals surface area contributed by atoms with Gasteiger partial charge in [0.15, 0.2) is 0 Å². The Morgan fingerprint density at radius 3 is 2.37 bits per heavy atom. The fraction of sp³-hybridized carbons (Fsp3) is 1.00. The standard InChI is InChI=1S/C17H30BrN/c18-13-17(10-3-1-2-4-11-17)14-19-12-6-8-15-7-5-9-16(15)19/h15-16H,1-14H2. The van der Waals surface area contributed by atoms with E-state index in [1.165, 1.54) is 89.0 Å². The molecule has 0 aromatic rings. The summed E-state index contributed by atoms with van der Waals surface area (Å²) in [6.45, 7) is 2.77. The molecule has 110 valence electrons. The average molecular weight is 328 g/mol. The molecule has 1 heterocycles. The van der Waals surface area contributed by atoms with Gasteiger partial charge in [0.25, 0.3) is 0 Å². The molecule has 2 unspecified atom stereocenters. The number of piperidine rings is 1. The van der Waals surface area contributed by atoms with E-state index in [4.69, 9.17) is 0 Å². The van der Waals surface area contributed by atoms with Crippen molar-refractivity contribution in [1.29, 1.82) is 0 Å². The van der Waals surface area contributed by atoms with Crippen molar-refractivity contribution < 1.29 is 0 Å². The predicted octanol–water partition coefficient (Wildman–Crippen LogP) is 4.99. The second kappa shape index (κ2) is 6.47. The lowest BCUT2D eigenvalue weighted by atomic mass is 9.80. The molecule has 0 amide bonds. The van der Waals surface area contributed by atoms with Crippen molar-refractivity contribution in [2.24, 2.45) is 11.3 Å². The number of rotatable bonds is 3. The summed E-state index contributed by atoms with van der Waals surface area (Å²) in [5.41, 5.74) is 0.598. The van der Waals surface area contributed by atoms with Crippen LogP contribution in [0.25, 0.3) is 0 Å². The SMILES string of the molecule is BrCC1(CN2CCCC3CCCC32)CCCCCC1. The zero-order chi connectivity index (χ0) is 13.1. The molecule has 0 N–H and O–H groups in total. The predicted molar refractivity (Wildman–Crippen MR) is 85.9 cm³/mol. The van der Waals surface area contributed by atoms with Crippen molar-refractivity contribution in [2.45, 2.75) is 76.7 Å². The number of hydrogen-bond donors (Lipinski definition) is 0. The minimum Gasteiger partial charge on any atom is -0.300 e. The van der Waals surface area contributed by atoms with Crippen molar-refractivity contribution in [1.82, 2.24) is 4.90 Å². The minimum atomic E-state index is 0.598. The van der Waals surface area contributed by atoms with Gasteiger partial charge in [-0.1, -0.05) is 48.0 Å². The Kier molecular flexibility index (Phi) is 4.90. The average Bonchev–Trinajstić information content (AvgIpc) is 2.80. The van der Waals surface area contributed by atoms with E-state index in [2.05, 4.69) is 20.8 Å². The Hall–Kier alpha value is 0.440. The lowest BCUT2D eigenvalue weighted by Crippen LogP contribution is -2.48. The molecule has 0 aromatic carbocycles. The number of alkyl halides is 1. The number of fused-ring (bicyclic) bond motifs is 1. The summed E-state index contributed by atoms with van der Waals surface area (Å²) in [4.78, 5) is 2.91. The van der Waals surface area contributed by atoms with Crippen molar-refractivity contribution >= 4 is 15.9 Å². The highest BCUT2D eigenvalue weighted by atomic mass is 79.9. The van der Waals surface area contributed by atoms with Crippen LogP contribution in [0.15, 0.2) is 0 Å². The maximum Gasteiger partial charge on any atom is 0.0124 e. The third-order valence-corrected chi connectivity index (χ3v) is 7.28. The summed E-state index contributed by atoms with van der Waals surface area (Å²) >= 11 is 3.88. The van der Waals surface area contributed by atoms with Gasteiger partial charge in [-0.3, -0.25) is 4.90 Å². The molecule has 1 aliphatic heterocycles. The van der Waals surface area contributed by atoms with Gasteiger partial charge in [-0.15, -0.1) is 0 Å². The van der Waals surface area contributed by atoms with Gasteiger partial charge in [0.05, 0.1) is 0 Å². The maximum atomic E-state index is 3.88. The Labute approximate surface area is 127 Å². The molecular formula is C17H30BrN. The Bertz CT molecular complexity index is 283. The van der Waals surface area contributed by atoms with Crippen LogP contribution in [0.2, 0.25) is 0 Å². The summed E-state index contributed by atoms with van der Waals surface area (Å²) < 4.78 is 0. The molecule has 2 aliphatic carbocycles. The van der Waals surface area contributed by atoms with Crippen LogP contribution in [0.1, 0.15) is 70.6 Å². The molecule has 2 atom stereocenters. The smallest absolute Gasteiger partial charge is 0.0124 e. The van der Waals surface area contributed by atoms with Gasteiger partial charge in [0.2, 0.25) is 0 Å². The molecule has 0 radical (unpaired) electrons. The van der Waals surface area contributed by atoms with Crippen molar-refractivity contribution in [2.75, 3.05) is 18.4 Å². The number of hydrogen-bond acceptors (Lipinski definition) is 1. The number of halogens is 1. The van der Waals surface area contributed by atoms with Crippen LogP contribution in [0.4, 0.5) is 0 Å². The molecular weight excluding hydrogens is 298 g/mol. The summed E-state index contributed by atoms with van der Waals surface area (Å²) in [6.07, 6.45) is 16.3. The monoisotopic (exact) mass is 327 g/mol. The summed E-state index contributed by atoms with van der Waals surface area (Å²) in [6, 6.07) is 0.952. The lowest BCUT2D eigenvalue weighted by molar-refractivity contribution is 0.0609. The minimum absolute atomic E-state index is 0.598. The first kappa shape index (κ1) is 14.4. The van der Waals surface area contributed by atoms with E-state index in [1.807, 2.05) is 0 Å². The highest BCUT2D eigenvalue weighted by Crippen LogP contribution is 2.42. The highest BCUT2D eigenvalue weighted by Gasteiger charge is 2.39. The fourth-order valence-electron chi connectivity index (χ4n) is 5.00. The molecule has 3 aliphatic rings. The van der Waals surface area contributed by atoms with E-state index in [-0.39, 0.29) is 0 Å². The van der Waals surface area contributed by atoms with Crippen LogP contribution in [0, 0.1) is 11.3 Å². The summed E-state index contributed by atoms with van der Waals surface area (Å²) in [5, 5.41) is 1.23. The Morgan fingerprint density at radius 1 is 0.895 bits per heavy atom. The van der Waals surface area contributed by atoms with Gasteiger partial charge in [-0.2, -0.15) is 0 Å². The third kappa shape index (κ3) is 3.20. The van der Waals surface area contributed by atoms with E-state index >= 15 is 0 Å². The van der Waals surface area contributed by atoms with Crippen molar-refractivity contribution in [3.05, 3.63) is 0 Å². The van der Waals surface area contributed by atoms with E-state index in [1.54, 1.807) is 0 Å². The van der Waals surface area contributed by atoms with Gasteiger partial charge < -0.3 is 0 Å². The van der Waals surface area contributed by atoms with Crippen LogP contribution in [0.5, 0.6) is 0 Å². The third-order valence-electron chi connectivity index (χ3n) is 6.09. The molecule has 1 saturated heterocycles. The van der Waals surface area contributed by atoms with Crippen LogP contribution in [-0.2, 0) is 0 Å². The first-order chi connectivity index (χ1) is 9.33. The van der Waals surface area contributed by atoms with Gasteiger partial charge in [0.1, 0.15) is 0 Å².